The first-order chi connectivity index (χ1) is 10.1. The number of amides is 2. The van der Waals surface area contributed by atoms with E-state index in [1.54, 1.807) is 4.90 Å². The predicted octanol–water partition coefficient (Wildman–Crippen LogP) is -0.341. The van der Waals surface area contributed by atoms with Crippen molar-refractivity contribution in [2.75, 3.05) is 40.0 Å². The summed E-state index contributed by atoms with van der Waals surface area (Å²) >= 11 is 0. The molecule has 21 heavy (non-hydrogen) atoms. The van der Waals surface area contributed by atoms with Crippen LogP contribution in [0.4, 0.5) is 4.79 Å². The molecule has 0 spiro atoms. The first kappa shape index (κ1) is 17.7. The second-order valence-corrected chi connectivity index (χ2v) is 4.90. The predicted molar refractivity (Wildman–Crippen MR) is 74.1 cm³/mol. The van der Waals surface area contributed by atoms with Crippen molar-refractivity contribution < 1.29 is 29.3 Å². The number of piperidine rings is 1. The number of hydrogen-bond donors (Lipinski definition) is 3. The smallest absolute Gasteiger partial charge is 0.326 e. The summed E-state index contributed by atoms with van der Waals surface area (Å²) in [5.74, 6) is -1.07. The Morgan fingerprint density at radius 3 is 2.52 bits per heavy atom. The lowest BCUT2D eigenvalue weighted by Crippen LogP contribution is -2.51. The van der Waals surface area contributed by atoms with Crippen molar-refractivity contribution in [2.45, 2.75) is 31.4 Å². The Morgan fingerprint density at radius 1 is 1.33 bits per heavy atom. The van der Waals surface area contributed by atoms with Crippen molar-refractivity contribution in [2.24, 2.45) is 0 Å². The van der Waals surface area contributed by atoms with Crippen LogP contribution in [0.3, 0.4) is 0 Å². The Labute approximate surface area is 124 Å². The summed E-state index contributed by atoms with van der Waals surface area (Å²) in [5.41, 5.74) is 0. The highest BCUT2D eigenvalue weighted by Gasteiger charge is 2.26. The standard InChI is InChI=1S/C13H24N2O6/c1-20-8-4-11(12(17)18)14-13(19)15-5-2-10(3-6-15)21-9-7-16/h10-11,16H,2-9H2,1H3,(H,14,19)(H,17,18). The normalized spacial score (nSPS) is 17.5. The highest BCUT2D eigenvalue weighted by Crippen LogP contribution is 2.13. The minimum absolute atomic E-state index is 0.0134. The molecule has 1 unspecified atom stereocenters. The Hall–Kier alpha value is -1.38. The van der Waals surface area contributed by atoms with E-state index in [4.69, 9.17) is 19.7 Å². The summed E-state index contributed by atoms with van der Waals surface area (Å²) in [6.45, 7) is 1.58. The lowest BCUT2D eigenvalue weighted by Gasteiger charge is -2.32. The number of urea groups is 1. The minimum Gasteiger partial charge on any atom is -0.480 e. The van der Waals surface area contributed by atoms with Crippen molar-refractivity contribution in [1.29, 1.82) is 0 Å². The monoisotopic (exact) mass is 304 g/mol. The average Bonchev–Trinajstić information content (AvgIpc) is 2.49. The van der Waals surface area contributed by atoms with Crippen LogP contribution in [-0.2, 0) is 14.3 Å². The summed E-state index contributed by atoms with van der Waals surface area (Å²) in [7, 11) is 1.48. The number of nitrogens with zero attached hydrogens (tertiary/aromatic N) is 1. The van der Waals surface area contributed by atoms with Crippen LogP contribution in [0.15, 0.2) is 0 Å². The first-order valence-electron chi connectivity index (χ1n) is 7.08. The molecule has 1 heterocycles. The first-order valence-corrected chi connectivity index (χ1v) is 7.08. The van der Waals surface area contributed by atoms with Gasteiger partial charge in [-0.05, 0) is 12.8 Å². The van der Waals surface area contributed by atoms with Gasteiger partial charge in [0.15, 0.2) is 0 Å². The van der Waals surface area contributed by atoms with Gasteiger partial charge in [0.1, 0.15) is 6.04 Å². The molecule has 1 aliphatic heterocycles. The number of carbonyl (C=O) groups excluding carboxylic acids is 1. The van der Waals surface area contributed by atoms with E-state index in [0.717, 1.165) is 0 Å². The zero-order valence-corrected chi connectivity index (χ0v) is 12.3. The fourth-order valence-electron chi connectivity index (χ4n) is 2.18. The maximum Gasteiger partial charge on any atom is 0.326 e. The number of hydrogen-bond acceptors (Lipinski definition) is 5. The molecule has 8 heteroatoms. The highest BCUT2D eigenvalue weighted by atomic mass is 16.5. The molecule has 0 bridgehead atoms. The van der Waals surface area contributed by atoms with Crippen LogP contribution < -0.4 is 5.32 Å². The van der Waals surface area contributed by atoms with Gasteiger partial charge in [-0.25, -0.2) is 9.59 Å². The Balaban J connectivity index is 2.36. The minimum atomic E-state index is -1.07. The molecule has 1 rings (SSSR count). The molecule has 1 atom stereocenters. The molecule has 2 amide bonds. The molecule has 1 fully saturated rings. The second-order valence-electron chi connectivity index (χ2n) is 4.90. The summed E-state index contributed by atoms with van der Waals surface area (Å²) < 4.78 is 10.2. The second kappa shape index (κ2) is 9.54. The zero-order chi connectivity index (χ0) is 15.7. The van der Waals surface area contributed by atoms with Crippen molar-refractivity contribution in [3.05, 3.63) is 0 Å². The molecule has 0 radical (unpaired) electrons. The quantitative estimate of drug-likeness (QED) is 0.566. The molecule has 0 aliphatic carbocycles. The van der Waals surface area contributed by atoms with Gasteiger partial charge in [0, 0.05) is 33.2 Å². The van der Waals surface area contributed by atoms with Crippen molar-refractivity contribution in [1.82, 2.24) is 10.2 Å². The largest absolute Gasteiger partial charge is 0.480 e. The Morgan fingerprint density at radius 2 is 2.00 bits per heavy atom. The summed E-state index contributed by atoms with van der Waals surface area (Å²) in [5, 5.41) is 20.3. The molecule has 0 aromatic rings. The lowest BCUT2D eigenvalue weighted by molar-refractivity contribution is -0.139. The van der Waals surface area contributed by atoms with E-state index in [2.05, 4.69) is 5.32 Å². The van der Waals surface area contributed by atoms with Gasteiger partial charge in [0.25, 0.3) is 0 Å². The number of carboxylic acids is 1. The number of aliphatic hydroxyl groups is 1. The molecule has 0 saturated carbocycles. The van der Waals surface area contributed by atoms with Gasteiger partial charge in [0.05, 0.1) is 19.3 Å². The van der Waals surface area contributed by atoms with Crippen LogP contribution >= 0.6 is 0 Å². The van der Waals surface area contributed by atoms with Gasteiger partial charge in [-0.2, -0.15) is 0 Å². The molecule has 122 valence electrons. The fraction of sp³-hybridized carbons (Fsp3) is 0.846. The lowest BCUT2D eigenvalue weighted by atomic mass is 10.1. The van der Waals surface area contributed by atoms with Gasteiger partial charge < -0.3 is 29.9 Å². The number of carboxylic acid groups (broad SMARTS) is 1. The van der Waals surface area contributed by atoms with Crippen LogP contribution in [0.25, 0.3) is 0 Å². The van der Waals surface area contributed by atoms with Gasteiger partial charge >= 0.3 is 12.0 Å². The van der Waals surface area contributed by atoms with Crippen LogP contribution in [-0.4, -0.2) is 79.3 Å². The van der Waals surface area contributed by atoms with Crippen LogP contribution in [0.2, 0.25) is 0 Å². The SMILES string of the molecule is COCCC(NC(=O)N1CCC(OCCO)CC1)C(=O)O. The molecule has 8 nitrogen and oxygen atoms in total. The number of aliphatic carboxylic acids is 1. The average molecular weight is 304 g/mol. The van der Waals surface area contributed by atoms with E-state index in [1.165, 1.54) is 7.11 Å². The topological polar surface area (TPSA) is 108 Å². The molecular weight excluding hydrogens is 280 g/mol. The Kier molecular flexibility index (Phi) is 8.03. The number of methoxy groups -OCH3 is 1. The number of aliphatic hydroxyl groups excluding tert-OH is 1. The summed E-state index contributed by atoms with van der Waals surface area (Å²) in [4.78, 5) is 24.7. The Bertz CT molecular complexity index is 331. The van der Waals surface area contributed by atoms with Crippen LogP contribution in [0.1, 0.15) is 19.3 Å². The van der Waals surface area contributed by atoms with E-state index in [-0.39, 0.29) is 31.8 Å². The van der Waals surface area contributed by atoms with Crippen molar-refractivity contribution in [3.63, 3.8) is 0 Å². The van der Waals surface area contributed by atoms with Crippen molar-refractivity contribution in [3.8, 4) is 0 Å². The van der Waals surface area contributed by atoms with E-state index >= 15 is 0 Å². The summed E-state index contributed by atoms with van der Waals surface area (Å²) in [6, 6.07) is -1.32. The van der Waals surface area contributed by atoms with E-state index < -0.39 is 12.0 Å². The zero-order valence-electron chi connectivity index (χ0n) is 12.3. The van der Waals surface area contributed by atoms with Gasteiger partial charge in [-0.15, -0.1) is 0 Å². The fourth-order valence-corrected chi connectivity index (χ4v) is 2.18. The maximum atomic E-state index is 12.0. The molecule has 3 N–H and O–H groups in total. The number of carbonyl (C=O) groups is 2. The van der Waals surface area contributed by atoms with Crippen molar-refractivity contribution >= 4 is 12.0 Å². The van der Waals surface area contributed by atoms with Crippen LogP contribution in [0.5, 0.6) is 0 Å². The van der Waals surface area contributed by atoms with E-state index in [9.17, 15) is 9.59 Å². The van der Waals surface area contributed by atoms with E-state index in [0.29, 0.717) is 32.5 Å². The highest BCUT2D eigenvalue weighted by molar-refractivity contribution is 5.82. The van der Waals surface area contributed by atoms with Gasteiger partial charge in [-0.3, -0.25) is 0 Å². The van der Waals surface area contributed by atoms with E-state index in [1.807, 2.05) is 0 Å². The number of likely N-dealkylation sites (tertiary alicyclic amines) is 1. The maximum absolute atomic E-state index is 12.0. The van der Waals surface area contributed by atoms with Gasteiger partial charge in [-0.1, -0.05) is 0 Å². The number of ether oxygens (including phenoxy) is 2. The molecule has 1 aliphatic rings. The van der Waals surface area contributed by atoms with Gasteiger partial charge in [0.2, 0.25) is 0 Å². The third-order valence-electron chi connectivity index (χ3n) is 3.38. The third-order valence-corrected chi connectivity index (χ3v) is 3.38. The molecule has 0 aromatic carbocycles. The number of rotatable bonds is 8. The number of nitrogens with one attached hydrogen (secondary N) is 1. The third kappa shape index (κ3) is 6.28. The molecular formula is C13H24N2O6. The molecule has 1 saturated heterocycles. The summed E-state index contributed by atoms with van der Waals surface area (Å²) in [6.07, 6.45) is 1.64. The molecule has 0 aromatic heterocycles. The van der Waals surface area contributed by atoms with Crippen LogP contribution in [0, 0.1) is 0 Å².